The van der Waals surface area contributed by atoms with E-state index < -0.39 is 0 Å². The van der Waals surface area contributed by atoms with E-state index in [1.807, 2.05) is 12.1 Å². The highest BCUT2D eigenvalue weighted by Crippen LogP contribution is 2.26. The summed E-state index contributed by atoms with van der Waals surface area (Å²) < 4.78 is 11.4. The van der Waals surface area contributed by atoms with E-state index in [1.54, 1.807) is 13.2 Å². The summed E-state index contributed by atoms with van der Waals surface area (Å²) in [6.45, 7) is 1.32. The van der Waals surface area contributed by atoms with Gasteiger partial charge in [-0.3, -0.25) is 0 Å². The normalized spacial score (nSPS) is 18.1. The molecular weight excluding hydrogens is 312 g/mol. The number of carbonyl (C=O) groups excluding carboxylic acids is 1. The molecule has 19 heavy (non-hydrogen) atoms. The Kier molecular flexibility index (Phi) is 5.04. The summed E-state index contributed by atoms with van der Waals surface area (Å²) in [7, 11) is 1.59. The molecule has 1 fully saturated rings. The molecule has 1 aromatic rings. The van der Waals surface area contributed by atoms with Crippen molar-refractivity contribution >= 4 is 27.6 Å². The highest BCUT2D eigenvalue weighted by molar-refractivity contribution is 9.10. The Labute approximate surface area is 120 Å². The summed E-state index contributed by atoms with van der Waals surface area (Å²) in [5.74, 6) is 0.692. The van der Waals surface area contributed by atoms with Gasteiger partial charge in [0.2, 0.25) is 0 Å². The number of methoxy groups -OCH3 is 1. The van der Waals surface area contributed by atoms with Crippen LogP contribution >= 0.6 is 15.9 Å². The summed E-state index contributed by atoms with van der Waals surface area (Å²) in [5.41, 5.74) is 0.671. The maximum absolute atomic E-state index is 11.8. The monoisotopic (exact) mass is 328 g/mol. The molecule has 0 unspecified atom stereocenters. The Morgan fingerprint density at radius 3 is 3.11 bits per heavy atom. The van der Waals surface area contributed by atoms with Crippen molar-refractivity contribution < 1.29 is 14.3 Å². The van der Waals surface area contributed by atoms with Crippen LogP contribution in [0.2, 0.25) is 0 Å². The Morgan fingerprint density at radius 1 is 1.58 bits per heavy atom. The molecule has 1 atom stereocenters. The van der Waals surface area contributed by atoms with Crippen molar-refractivity contribution in [3.05, 3.63) is 22.7 Å². The van der Waals surface area contributed by atoms with Crippen LogP contribution in [-0.2, 0) is 4.74 Å². The van der Waals surface area contributed by atoms with Gasteiger partial charge in [-0.1, -0.05) is 0 Å². The minimum Gasteiger partial charge on any atom is -0.497 e. The predicted octanol–water partition coefficient (Wildman–Crippen LogP) is 2.76. The minimum atomic E-state index is -0.246. The highest BCUT2D eigenvalue weighted by Gasteiger charge is 2.16. The lowest BCUT2D eigenvalue weighted by molar-refractivity contribution is 0.112. The standard InChI is InChI=1S/C13H17BrN2O3/c1-18-9-4-5-11(14)12(7-9)16-13(17)15-8-10-3-2-6-19-10/h4-5,7,10H,2-3,6,8H2,1H3,(H2,15,16,17)/t10-/m1/s1. The van der Waals surface area contributed by atoms with Crippen LogP contribution in [0.5, 0.6) is 5.75 Å². The van der Waals surface area contributed by atoms with E-state index in [1.165, 1.54) is 0 Å². The number of hydrogen-bond donors (Lipinski definition) is 2. The first-order valence-electron chi connectivity index (χ1n) is 6.19. The van der Waals surface area contributed by atoms with Gasteiger partial charge in [0.25, 0.3) is 0 Å². The molecule has 0 spiro atoms. The van der Waals surface area contributed by atoms with Crippen molar-refractivity contribution in [1.29, 1.82) is 0 Å². The van der Waals surface area contributed by atoms with Crippen molar-refractivity contribution in [3.63, 3.8) is 0 Å². The van der Waals surface area contributed by atoms with Gasteiger partial charge in [-0.15, -0.1) is 0 Å². The van der Waals surface area contributed by atoms with Crippen molar-refractivity contribution in [2.24, 2.45) is 0 Å². The maximum atomic E-state index is 11.8. The molecule has 1 aromatic carbocycles. The average Bonchev–Trinajstić information content (AvgIpc) is 2.92. The third-order valence-electron chi connectivity index (χ3n) is 2.94. The van der Waals surface area contributed by atoms with Crippen LogP contribution in [0.25, 0.3) is 0 Å². The van der Waals surface area contributed by atoms with E-state index in [0.29, 0.717) is 18.0 Å². The van der Waals surface area contributed by atoms with E-state index in [-0.39, 0.29) is 12.1 Å². The summed E-state index contributed by atoms with van der Waals surface area (Å²) in [5, 5.41) is 5.58. The number of rotatable bonds is 4. The van der Waals surface area contributed by atoms with Crippen LogP contribution in [0.4, 0.5) is 10.5 Å². The molecule has 0 aromatic heterocycles. The van der Waals surface area contributed by atoms with Gasteiger partial charge in [-0.2, -0.15) is 0 Å². The van der Waals surface area contributed by atoms with Gasteiger partial charge in [-0.05, 0) is 40.9 Å². The number of urea groups is 1. The molecule has 0 bridgehead atoms. The lowest BCUT2D eigenvalue weighted by atomic mass is 10.2. The van der Waals surface area contributed by atoms with E-state index >= 15 is 0 Å². The number of benzene rings is 1. The summed E-state index contributed by atoms with van der Waals surface area (Å²) in [6.07, 6.45) is 2.21. The molecule has 0 saturated carbocycles. The molecule has 6 heteroatoms. The molecule has 1 heterocycles. The number of nitrogens with one attached hydrogen (secondary N) is 2. The van der Waals surface area contributed by atoms with E-state index in [4.69, 9.17) is 9.47 Å². The van der Waals surface area contributed by atoms with Crippen molar-refractivity contribution in [1.82, 2.24) is 5.32 Å². The third-order valence-corrected chi connectivity index (χ3v) is 3.63. The first-order valence-corrected chi connectivity index (χ1v) is 6.98. The van der Waals surface area contributed by atoms with Gasteiger partial charge in [0.15, 0.2) is 0 Å². The third kappa shape index (κ3) is 4.11. The SMILES string of the molecule is COc1ccc(Br)c(NC(=O)NC[C@H]2CCCO2)c1. The predicted molar refractivity (Wildman–Crippen MR) is 76.7 cm³/mol. The Balaban J connectivity index is 1.87. The number of hydrogen-bond acceptors (Lipinski definition) is 3. The molecule has 2 amide bonds. The van der Waals surface area contributed by atoms with Crippen molar-refractivity contribution in [3.8, 4) is 5.75 Å². The van der Waals surface area contributed by atoms with Gasteiger partial charge in [0, 0.05) is 23.7 Å². The summed E-state index contributed by atoms with van der Waals surface area (Å²) in [6, 6.07) is 5.16. The second kappa shape index (κ2) is 6.77. The topological polar surface area (TPSA) is 59.6 Å². The summed E-state index contributed by atoms with van der Waals surface area (Å²) >= 11 is 3.38. The largest absolute Gasteiger partial charge is 0.497 e. The van der Waals surface area contributed by atoms with Crippen molar-refractivity contribution in [2.75, 3.05) is 25.6 Å². The van der Waals surface area contributed by atoms with Crippen LogP contribution in [0, 0.1) is 0 Å². The second-order valence-electron chi connectivity index (χ2n) is 4.32. The fraction of sp³-hybridized carbons (Fsp3) is 0.462. The van der Waals surface area contributed by atoms with Crippen LogP contribution in [0.3, 0.4) is 0 Å². The maximum Gasteiger partial charge on any atom is 0.319 e. The molecule has 104 valence electrons. The fourth-order valence-electron chi connectivity index (χ4n) is 1.91. The van der Waals surface area contributed by atoms with Crippen LogP contribution < -0.4 is 15.4 Å². The van der Waals surface area contributed by atoms with Gasteiger partial charge < -0.3 is 20.1 Å². The van der Waals surface area contributed by atoms with E-state index in [9.17, 15) is 4.79 Å². The molecule has 2 rings (SSSR count). The number of amides is 2. The van der Waals surface area contributed by atoms with Crippen LogP contribution in [-0.4, -0.2) is 32.4 Å². The molecule has 5 nitrogen and oxygen atoms in total. The molecule has 1 aliphatic heterocycles. The number of ether oxygens (including phenoxy) is 2. The number of halogens is 1. The smallest absolute Gasteiger partial charge is 0.319 e. The van der Waals surface area contributed by atoms with E-state index in [2.05, 4.69) is 26.6 Å². The van der Waals surface area contributed by atoms with Gasteiger partial charge in [-0.25, -0.2) is 4.79 Å². The molecular formula is C13H17BrN2O3. The van der Waals surface area contributed by atoms with E-state index in [0.717, 1.165) is 23.9 Å². The second-order valence-corrected chi connectivity index (χ2v) is 5.17. The van der Waals surface area contributed by atoms with Gasteiger partial charge in [0.1, 0.15) is 5.75 Å². The molecule has 0 radical (unpaired) electrons. The highest BCUT2D eigenvalue weighted by atomic mass is 79.9. The quantitative estimate of drug-likeness (QED) is 0.893. The Hall–Kier alpha value is -1.27. The Bertz CT molecular complexity index is 448. The number of anilines is 1. The number of carbonyl (C=O) groups is 1. The van der Waals surface area contributed by atoms with Crippen LogP contribution in [0.15, 0.2) is 22.7 Å². The van der Waals surface area contributed by atoms with Gasteiger partial charge in [0.05, 0.1) is 18.9 Å². The molecule has 1 saturated heterocycles. The summed E-state index contributed by atoms with van der Waals surface area (Å²) in [4.78, 5) is 11.8. The van der Waals surface area contributed by atoms with Crippen molar-refractivity contribution in [2.45, 2.75) is 18.9 Å². The zero-order chi connectivity index (χ0) is 13.7. The molecule has 1 aliphatic rings. The lowest BCUT2D eigenvalue weighted by Crippen LogP contribution is -2.35. The Morgan fingerprint density at radius 2 is 2.42 bits per heavy atom. The first kappa shape index (κ1) is 14.1. The first-order chi connectivity index (χ1) is 9.19. The van der Waals surface area contributed by atoms with Crippen LogP contribution in [0.1, 0.15) is 12.8 Å². The van der Waals surface area contributed by atoms with Gasteiger partial charge >= 0.3 is 6.03 Å². The average molecular weight is 329 g/mol. The minimum absolute atomic E-state index is 0.138. The molecule has 0 aliphatic carbocycles. The molecule has 2 N–H and O–H groups in total. The zero-order valence-electron chi connectivity index (χ0n) is 10.7. The zero-order valence-corrected chi connectivity index (χ0v) is 12.3. The lowest BCUT2D eigenvalue weighted by Gasteiger charge is -2.13. The fourth-order valence-corrected chi connectivity index (χ4v) is 2.25.